The molecule has 0 aliphatic heterocycles. The maximum atomic E-state index is 11.2. The molecule has 0 rings (SSSR count). The molecule has 1 atom stereocenters. The van der Waals surface area contributed by atoms with Gasteiger partial charge >= 0.3 is 0 Å². The van der Waals surface area contributed by atoms with Crippen molar-refractivity contribution in [3.05, 3.63) is 48.7 Å². The summed E-state index contributed by atoms with van der Waals surface area (Å²) in [5, 5.41) is 3.32. The quantitative estimate of drug-likeness (QED) is 0.359. The number of carbonyl (C=O) groups excluding carboxylic acids is 1. The number of rotatable bonds is 11. The van der Waals surface area contributed by atoms with Crippen LogP contribution in [0.4, 0.5) is 4.79 Å². The van der Waals surface area contributed by atoms with E-state index in [1.54, 1.807) is 12.2 Å². The predicted molar refractivity (Wildman–Crippen MR) is 93.2 cm³/mol. The van der Waals surface area contributed by atoms with Gasteiger partial charge in [0, 0.05) is 12.2 Å². The first-order valence-electron chi connectivity index (χ1n) is 7.66. The highest BCUT2D eigenvalue weighted by molar-refractivity contribution is 6.55. The van der Waals surface area contributed by atoms with E-state index in [-0.39, 0.29) is 12.0 Å². The van der Waals surface area contributed by atoms with E-state index in [9.17, 15) is 4.79 Å². The van der Waals surface area contributed by atoms with E-state index >= 15 is 0 Å². The molecule has 1 unspecified atom stereocenters. The van der Waals surface area contributed by atoms with Crippen molar-refractivity contribution in [2.45, 2.75) is 45.6 Å². The lowest BCUT2D eigenvalue weighted by Gasteiger charge is -2.17. The fourth-order valence-electron chi connectivity index (χ4n) is 1.86. The molecule has 3 nitrogen and oxygen atoms in total. The molecule has 0 saturated carbocycles. The molecule has 4 heteroatoms. The van der Waals surface area contributed by atoms with E-state index in [1.165, 1.54) is 7.85 Å². The van der Waals surface area contributed by atoms with Crippen molar-refractivity contribution >= 4 is 13.7 Å². The van der Waals surface area contributed by atoms with E-state index in [0.717, 1.165) is 43.5 Å². The lowest BCUT2D eigenvalue weighted by molar-refractivity contribution is 0.136. The largest absolute Gasteiger partial charge is 0.466 e. The van der Waals surface area contributed by atoms with Crippen LogP contribution in [0.25, 0.3) is 0 Å². The summed E-state index contributed by atoms with van der Waals surface area (Å²) in [6.07, 6.45) is 11.2. The fourth-order valence-corrected chi connectivity index (χ4v) is 1.86. The molecule has 0 aromatic carbocycles. The van der Waals surface area contributed by atoms with E-state index in [4.69, 9.17) is 4.74 Å². The molecule has 0 saturated heterocycles. The summed E-state index contributed by atoms with van der Waals surface area (Å²) in [4.78, 5) is 11.2. The Hall–Kier alpha value is -1.71. The molecule has 116 valence electrons. The number of hydrogen-bond donors (Lipinski definition) is 1. The Labute approximate surface area is 130 Å². The van der Waals surface area contributed by atoms with Crippen LogP contribution in [0.2, 0.25) is 0 Å². The fraction of sp³-hybridized carbons (Fsp3) is 0.471. The number of allylic oxidation sites excluding steroid dienone is 3. The zero-order valence-electron chi connectivity index (χ0n) is 13.7. The number of unbranched alkanes of at least 4 members (excludes halogenated alkanes) is 1. The highest BCUT2D eigenvalue weighted by Crippen LogP contribution is 2.15. The molecule has 1 N–H and O–H groups in total. The van der Waals surface area contributed by atoms with Gasteiger partial charge in [-0.15, -0.1) is 0 Å². The lowest BCUT2D eigenvalue weighted by atomic mass is 10.0. The topological polar surface area (TPSA) is 38.3 Å². The Morgan fingerprint density at radius 2 is 1.95 bits per heavy atom. The van der Waals surface area contributed by atoms with Crippen molar-refractivity contribution in [2.24, 2.45) is 0 Å². The summed E-state index contributed by atoms with van der Waals surface area (Å²) in [6.45, 7) is 12.8. The molecular formula is C17H28BNO2. The first-order chi connectivity index (χ1) is 10.1. The second kappa shape index (κ2) is 12.1. The third-order valence-corrected chi connectivity index (χ3v) is 3.00. The number of carbonyl (C=O) groups is 1. The minimum absolute atomic E-state index is 0.233. The van der Waals surface area contributed by atoms with Gasteiger partial charge < -0.3 is 10.1 Å². The molecule has 0 radical (unpaired) electrons. The van der Waals surface area contributed by atoms with Crippen LogP contribution in [0, 0.1) is 0 Å². The Morgan fingerprint density at radius 1 is 1.24 bits per heavy atom. The number of nitrogens with one attached hydrogen (secondary N) is 1. The molecule has 0 heterocycles. The smallest absolute Gasteiger partial charge is 0.243 e. The molecule has 0 aliphatic rings. The molecule has 21 heavy (non-hydrogen) atoms. The lowest BCUT2D eigenvalue weighted by Crippen LogP contribution is -2.19. The zero-order valence-corrected chi connectivity index (χ0v) is 13.7. The first-order valence-corrected chi connectivity index (χ1v) is 7.66. The van der Waals surface area contributed by atoms with Crippen molar-refractivity contribution in [2.75, 3.05) is 6.54 Å². The van der Waals surface area contributed by atoms with E-state index < -0.39 is 0 Å². The molecule has 0 aliphatic carbocycles. The van der Waals surface area contributed by atoms with Crippen LogP contribution >= 0.6 is 0 Å². The molecule has 0 fully saturated rings. The van der Waals surface area contributed by atoms with Crippen molar-refractivity contribution in [1.29, 1.82) is 0 Å². The van der Waals surface area contributed by atoms with E-state index in [2.05, 4.69) is 32.3 Å². The van der Waals surface area contributed by atoms with Crippen LogP contribution in [0.1, 0.15) is 39.5 Å². The Bertz CT molecular complexity index is 400. The molecule has 0 spiro atoms. The maximum absolute atomic E-state index is 11.2. The SMILES string of the molecule is BC(=O)OC(CCC)/C(C=C)=C/C=C(\C=C)NCCCC. The zero-order chi connectivity index (χ0) is 16.1. The van der Waals surface area contributed by atoms with Crippen LogP contribution in [0.15, 0.2) is 48.7 Å². The van der Waals surface area contributed by atoms with Gasteiger partial charge in [0.1, 0.15) is 6.10 Å². The maximum Gasteiger partial charge on any atom is 0.243 e. The van der Waals surface area contributed by atoms with Gasteiger partial charge in [0.2, 0.25) is 13.7 Å². The Balaban J connectivity index is 4.95. The normalized spacial score (nSPS) is 13.4. The average molecular weight is 289 g/mol. The molecule has 0 amide bonds. The minimum Gasteiger partial charge on any atom is -0.466 e. The monoisotopic (exact) mass is 289 g/mol. The van der Waals surface area contributed by atoms with Gasteiger partial charge in [-0.2, -0.15) is 0 Å². The second-order valence-electron chi connectivity index (χ2n) is 4.86. The van der Waals surface area contributed by atoms with Gasteiger partial charge in [-0.1, -0.05) is 52.0 Å². The highest BCUT2D eigenvalue weighted by atomic mass is 16.5. The summed E-state index contributed by atoms with van der Waals surface area (Å²) in [6, 6.07) is 0. The first kappa shape index (κ1) is 19.3. The van der Waals surface area contributed by atoms with Crippen molar-refractivity contribution in [3.8, 4) is 0 Å². The highest BCUT2D eigenvalue weighted by Gasteiger charge is 2.13. The van der Waals surface area contributed by atoms with Crippen molar-refractivity contribution in [1.82, 2.24) is 5.32 Å². The summed E-state index contributed by atoms with van der Waals surface area (Å²) in [5.41, 5.74) is 1.87. The minimum atomic E-state index is -0.268. The third-order valence-electron chi connectivity index (χ3n) is 3.00. The van der Waals surface area contributed by atoms with Gasteiger partial charge in [0.25, 0.3) is 0 Å². The molecule has 0 aromatic rings. The van der Waals surface area contributed by atoms with Crippen LogP contribution in [0.5, 0.6) is 0 Å². The summed E-state index contributed by atoms with van der Waals surface area (Å²) < 4.78 is 5.35. The summed E-state index contributed by atoms with van der Waals surface area (Å²) >= 11 is 0. The van der Waals surface area contributed by atoms with E-state index in [1.807, 2.05) is 12.2 Å². The van der Waals surface area contributed by atoms with Gasteiger partial charge in [-0.05, 0) is 30.6 Å². The number of hydrogen-bond acceptors (Lipinski definition) is 3. The van der Waals surface area contributed by atoms with Crippen LogP contribution in [-0.2, 0) is 4.74 Å². The van der Waals surface area contributed by atoms with E-state index in [0.29, 0.717) is 0 Å². The predicted octanol–water partition coefficient (Wildman–Crippen LogP) is 3.50. The van der Waals surface area contributed by atoms with Crippen LogP contribution < -0.4 is 5.32 Å². The van der Waals surface area contributed by atoms with Crippen molar-refractivity contribution < 1.29 is 9.53 Å². The molecule has 0 aromatic heterocycles. The summed E-state index contributed by atoms with van der Waals surface area (Å²) in [7, 11) is 1.43. The van der Waals surface area contributed by atoms with Gasteiger partial charge in [0.15, 0.2) is 0 Å². The molecular weight excluding hydrogens is 261 g/mol. The standard InChI is InChI=1S/C17H28BNO2/c1-5-9-13-19-15(8-4)12-11-14(7-3)16(10-6-2)21-17(18)20/h7-8,11-12,16,19H,3-6,9-10,13,18H2,1-2H3/b14-11+,15-12+. The Kier molecular flexibility index (Phi) is 11.1. The second-order valence-corrected chi connectivity index (χ2v) is 4.86. The van der Waals surface area contributed by atoms with Gasteiger partial charge in [-0.25, -0.2) is 0 Å². The van der Waals surface area contributed by atoms with Crippen LogP contribution in [-0.4, -0.2) is 26.4 Å². The van der Waals surface area contributed by atoms with Crippen LogP contribution in [0.3, 0.4) is 0 Å². The molecule has 0 bridgehead atoms. The van der Waals surface area contributed by atoms with Crippen molar-refractivity contribution in [3.63, 3.8) is 0 Å². The third kappa shape index (κ3) is 8.95. The Morgan fingerprint density at radius 3 is 2.43 bits per heavy atom. The number of ether oxygens (including phenoxy) is 1. The van der Waals surface area contributed by atoms with Gasteiger partial charge in [0.05, 0.1) is 0 Å². The average Bonchev–Trinajstić information content (AvgIpc) is 2.45. The van der Waals surface area contributed by atoms with Gasteiger partial charge in [-0.3, -0.25) is 4.79 Å². The summed E-state index contributed by atoms with van der Waals surface area (Å²) in [5.74, 6) is -0.268.